The molecule has 0 amide bonds. The molecule has 1 aromatic heterocycles. The SMILES string of the molecule is N[C@H](Cc1ncccc1CCF)C(=O)O. The van der Waals surface area contributed by atoms with E-state index in [0.29, 0.717) is 5.69 Å². The number of carboxylic acids is 1. The predicted molar refractivity (Wildman–Crippen MR) is 53.2 cm³/mol. The molecule has 82 valence electrons. The van der Waals surface area contributed by atoms with Gasteiger partial charge in [-0.1, -0.05) is 6.07 Å². The van der Waals surface area contributed by atoms with Crippen LogP contribution in [0.5, 0.6) is 0 Å². The molecule has 0 bridgehead atoms. The van der Waals surface area contributed by atoms with Gasteiger partial charge in [0, 0.05) is 24.7 Å². The summed E-state index contributed by atoms with van der Waals surface area (Å²) >= 11 is 0. The maximum absolute atomic E-state index is 12.2. The highest BCUT2D eigenvalue weighted by Gasteiger charge is 2.14. The van der Waals surface area contributed by atoms with Crippen LogP contribution in [0, 0.1) is 0 Å². The minimum Gasteiger partial charge on any atom is -0.480 e. The first kappa shape index (κ1) is 11.6. The lowest BCUT2D eigenvalue weighted by Gasteiger charge is -2.09. The van der Waals surface area contributed by atoms with Gasteiger partial charge >= 0.3 is 5.97 Å². The molecule has 0 aromatic carbocycles. The van der Waals surface area contributed by atoms with Crippen molar-refractivity contribution in [1.82, 2.24) is 4.98 Å². The molecule has 1 heterocycles. The van der Waals surface area contributed by atoms with Gasteiger partial charge in [-0.2, -0.15) is 0 Å². The zero-order valence-electron chi connectivity index (χ0n) is 8.19. The second-order valence-corrected chi connectivity index (χ2v) is 3.20. The first-order valence-corrected chi connectivity index (χ1v) is 4.62. The molecule has 1 rings (SSSR count). The third-order valence-corrected chi connectivity index (χ3v) is 2.08. The van der Waals surface area contributed by atoms with Crippen molar-refractivity contribution in [2.45, 2.75) is 18.9 Å². The van der Waals surface area contributed by atoms with Gasteiger partial charge in [0.15, 0.2) is 0 Å². The Morgan fingerprint density at radius 2 is 2.40 bits per heavy atom. The summed E-state index contributed by atoms with van der Waals surface area (Å²) in [5, 5.41) is 8.64. The third-order valence-electron chi connectivity index (χ3n) is 2.08. The van der Waals surface area contributed by atoms with Crippen molar-refractivity contribution in [1.29, 1.82) is 0 Å². The second kappa shape index (κ2) is 5.41. The quantitative estimate of drug-likeness (QED) is 0.747. The van der Waals surface area contributed by atoms with Gasteiger partial charge < -0.3 is 10.8 Å². The van der Waals surface area contributed by atoms with Gasteiger partial charge in [-0.25, -0.2) is 0 Å². The van der Waals surface area contributed by atoms with Crippen LogP contribution in [0.15, 0.2) is 18.3 Å². The molecule has 0 spiro atoms. The molecule has 1 aromatic rings. The van der Waals surface area contributed by atoms with E-state index in [9.17, 15) is 9.18 Å². The van der Waals surface area contributed by atoms with Crippen molar-refractivity contribution in [3.8, 4) is 0 Å². The molecule has 0 unspecified atom stereocenters. The fourth-order valence-electron chi connectivity index (χ4n) is 1.28. The Balaban J connectivity index is 2.79. The number of nitrogens with zero attached hydrogens (tertiary/aromatic N) is 1. The Morgan fingerprint density at radius 1 is 1.67 bits per heavy atom. The van der Waals surface area contributed by atoms with Crippen LogP contribution in [0.3, 0.4) is 0 Å². The van der Waals surface area contributed by atoms with Crippen LogP contribution in [0.25, 0.3) is 0 Å². The fraction of sp³-hybridized carbons (Fsp3) is 0.400. The lowest BCUT2D eigenvalue weighted by atomic mass is 10.0. The number of pyridine rings is 1. The van der Waals surface area contributed by atoms with E-state index in [0.717, 1.165) is 5.56 Å². The highest BCUT2D eigenvalue weighted by molar-refractivity contribution is 5.73. The summed E-state index contributed by atoms with van der Waals surface area (Å²) in [6.45, 7) is -0.485. The van der Waals surface area contributed by atoms with Crippen LogP contribution in [0.2, 0.25) is 0 Å². The lowest BCUT2D eigenvalue weighted by molar-refractivity contribution is -0.138. The number of aryl methyl sites for hydroxylation is 1. The highest BCUT2D eigenvalue weighted by atomic mass is 19.1. The summed E-state index contributed by atoms with van der Waals surface area (Å²) in [4.78, 5) is 14.6. The van der Waals surface area contributed by atoms with E-state index in [1.54, 1.807) is 18.3 Å². The number of aliphatic carboxylic acids is 1. The maximum atomic E-state index is 12.2. The van der Waals surface area contributed by atoms with Crippen molar-refractivity contribution in [3.05, 3.63) is 29.6 Å². The number of hydrogen-bond donors (Lipinski definition) is 2. The van der Waals surface area contributed by atoms with Crippen molar-refractivity contribution in [2.75, 3.05) is 6.67 Å². The summed E-state index contributed by atoms with van der Waals surface area (Å²) in [6.07, 6.45) is 1.92. The van der Waals surface area contributed by atoms with Crippen molar-refractivity contribution in [2.24, 2.45) is 5.73 Å². The molecule has 0 aliphatic heterocycles. The predicted octanol–water partition coefficient (Wildman–Crippen LogP) is 0.548. The van der Waals surface area contributed by atoms with Crippen LogP contribution in [-0.4, -0.2) is 28.8 Å². The topological polar surface area (TPSA) is 76.2 Å². The summed E-state index contributed by atoms with van der Waals surface area (Å²) < 4.78 is 12.2. The molecule has 3 N–H and O–H groups in total. The molecular formula is C10H13FN2O2. The summed E-state index contributed by atoms with van der Waals surface area (Å²) in [5.41, 5.74) is 6.66. The van der Waals surface area contributed by atoms with Gasteiger partial charge in [-0.15, -0.1) is 0 Å². The molecule has 15 heavy (non-hydrogen) atoms. The van der Waals surface area contributed by atoms with Gasteiger partial charge in [0.25, 0.3) is 0 Å². The smallest absolute Gasteiger partial charge is 0.320 e. The van der Waals surface area contributed by atoms with Crippen LogP contribution in [-0.2, 0) is 17.6 Å². The summed E-state index contributed by atoms with van der Waals surface area (Å²) in [7, 11) is 0. The van der Waals surface area contributed by atoms with Crippen molar-refractivity contribution >= 4 is 5.97 Å². The third kappa shape index (κ3) is 3.28. The van der Waals surface area contributed by atoms with Crippen LogP contribution in [0.1, 0.15) is 11.3 Å². The lowest BCUT2D eigenvalue weighted by Crippen LogP contribution is -2.33. The van der Waals surface area contributed by atoms with E-state index < -0.39 is 18.7 Å². The number of alkyl halides is 1. The molecule has 4 nitrogen and oxygen atoms in total. The van der Waals surface area contributed by atoms with E-state index in [2.05, 4.69) is 4.98 Å². The molecule has 5 heteroatoms. The molecule has 0 radical (unpaired) electrons. The van der Waals surface area contributed by atoms with Crippen molar-refractivity contribution in [3.63, 3.8) is 0 Å². The Kier molecular flexibility index (Phi) is 4.17. The summed E-state index contributed by atoms with van der Waals surface area (Å²) in [6, 6.07) is 2.44. The zero-order chi connectivity index (χ0) is 11.3. The fourth-order valence-corrected chi connectivity index (χ4v) is 1.28. The standard InChI is InChI=1S/C10H13FN2O2/c11-4-3-7-2-1-5-13-9(7)6-8(12)10(14)15/h1-2,5,8H,3-4,6,12H2,(H,14,15)/t8-/m1/s1. The number of halogens is 1. The van der Waals surface area contributed by atoms with Gasteiger partial charge in [-0.05, 0) is 11.6 Å². The van der Waals surface area contributed by atoms with E-state index in [1.807, 2.05) is 0 Å². The molecule has 0 aliphatic rings. The Hall–Kier alpha value is -1.49. The highest BCUT2D eigenvalue weighted by Crippen LogP contribution is 2.08. The Morgan fingerprint density at radius 3 is 3.00 bits per heavy atom. The van der Waals surface area contributed by atoms with Crippen molar-refractivity contribution < 1.29 is 14.3 Å². The Labute approximate surface area is 86.9 Å². The normalized spacial score (nSPS) is 12.4. The van der Waals surface area contributed by atoms with Crippen LogP contribution in [0.4, 0.5) is 4.39 Å². The molecule has 0 saturated carbocycles. The molecule has 0 fully saturated rings. The second-order valence-electron chi connectivity index (χ2n) is 3.20. The first-order valence-electron chi connectivity index (χ1n) is 4.62. The first-order chi connectivity index (χ1) is 7.15. The van der Waals surface area contributed by atoms with Gasteiger partial charge in [0.1, 0.15) is 6.04 Å². The number of hydrogen-bond acceptors (Lipinski definition) is 3. The van der Waals surface area contributed by atoms with Gasteiger partial charge in [0.05, 0.1) is 6.67 Å². The number of aromatic nitrogens is 1. The minimum absolute atomic E-state index is 0.130. The van der Waals surface area contributed by atoms with E-state index >= 15 is 0 Å². The largest absolute Gasteiger partial charge is 0.480 e. The molecule has 0 saturated heterocycles. The number of carbonyl (C=O) groups is 1. The monoisotopic (exact) mass is 212 g/mol. The average Bonchev–Trinajstić information content (AvgIpc) is 2.21. The minimum atomic E-state index is -1.08. The van der Waals surface area contributed by atoms with Crippen LogP contribution < -0.4 is 5.73 Å². The zero-order valence-corrected chi connectivity index (χ0v) is 8.19. The van der Waals surface area contributed by atoms with E-state index in [1.165, 1.54) is 0 Å². The van der Waals surface area contributed by atoms with Gasteiger partial charge in [0.2, 0.25) is 0 Å². The van der Waals surface area contributed by atoms with E-state index in [-0.39, 0.29) is 12.8 Å². The molecule has 1 atom stereocenters. The number of carboxylic acid groups (broad SMARTS) is 1. The van der Waals surface area contributed by atoms with Crippen LogP contribution >= 0.6 is 0 Å². The molecule has 0 aliphatic carbocycles. The Bertz CT molecular complexity index is 344. The molecular weight excluding hydrogens is 199 g/mol. The summed E-state index contributed by atoms with van der Waals surface area (Å²) in [5.74, 6) is -1.08. The van der Waals surface area contributed by atoms with E-state index in [4.69, 9.17) is 10.8 Å². The number of rotatable bonds is 5. The average molecular weight is 212 g/mol. The van der Waals surface area contributed by atoms with Gasteiger partial charge in [-0.3, -0.25) is 14.2 Å². The number of nitrogens with two attached hydrogens (primary N) is 1. The maximum Gasteiger partial charge on any atom is 0.320 e.